The lowest BCUT2D eigenvalue weighted by atomic mass is 9.62. The summed E-state index contributed by atoms with van der Waals surface area (Å²) in [5.74, 6) is -1.87. The second kappa shape index (κ2) is 8.11. The number of nitrogens with one attached hydrogen (secondary N) is 1. The van der Waals surface area contributed by atoms with Crippen LogP contribution in [-0.2, 0) is 4.79 Å². The lowest BCUT2D eigenvalue weighted by Gasteiger charge is -2.60. The van der Waals surface area contributed by atoms with E-state index in [1.54, 1.807) is 4.90 Å². The number of halogens is 3. The van der Waals surface area contributed by atoms with Crippen LogP contribution in [0.15, 0.2) is 42.5 Å². The minimum absolute atomic E-state index is 0.0614. The molecule has 1 unspecified atom stereocenters. The van der Waals surface area contributed by atoms with Crippen LogP contribution >= 0.6 is 11.6 Å². The van der Waals surface area contributed by atoms with E-state index in [4.69, 9.17) is 11.6 Å². The van der Waals surface area contributed by atoms with Crippen molar-refractivity contribution in [1.82, 2.24) is 9.80 Å². The smallest absolute Gasteiger partial charge is 0.321 e. The van der Waals surface area contributed by atoms with Crippen molar-refractivity contribution >= 4 is 29.2 Å². The summed E-state index contributed by atoms with van der Waals surface area (Å²) in [7, 11) is 0. The quantitative estimate of drug-likeness (QED) is 0.655. The van der Waals surface area contributed by atoms with E-state index in [-0.39, 0.29) is 23.7 Å². The summed E-state index contributed by atoms with van der Waals surface area (Å²) < 4.78 is 26.5. The van der Waals surface area contributed by atoms with Gasteiger partial charge in [-0.15, -0.1) is 0 Å². The highest BCUT2D eigenvalue weighted by atomic mass is 35.5. The number of urea groups is 1. The van der Waals surface area contributed by atoms with E-state index in [1.165, 1.54) is 6.07 Å². The molecule has 164 valence electrons. The van der Waals surface area contributed by atoms with Gasteiger partial charge in [0.15, 0.2) is 11.6 Å². The zero-order valence-electron chi connectivity index (χ0n) is 17.4. The normalized spacial score (nSPS) is 20.2. The Morgan fingerprint density at radius 1 is 1.10 bits per heavy atom. The Morgan fingerprint density at radius 3 is 2.32 bits per heavy atom. The molecule has 2 fully saturated rings. The highest BCUT2D eigenvalue weighted by molar-refractivity contribution is 6.30. The fraction of sp³-hybridized carbons (Fsp3) is 0.391. The van der Waals surface area contributed by atoms with Gasteiger partial charge in [0.1, 0.15) is 0 Å². The molecule has 2 aromatic rings. The van der Waals surface area contributed by atoms with Crippen molar-refractivity contribution < 1.29 is 18.4 Å². The van der Waals surface area contributed by atoms with Gasteiger partial charge in [-0.2, -0.15) is 0 Å². The highest BCUT2D eigenvalue weighted by Gasteiger charge is 2.62. The van der Waals surface area contributed by atoms with Crippen LogP contribution in [0.4, 0.5) is 19.3 Å². The molecular weight excluding hydrogens is 424 g/mol. The first-order chi connectivity index (χ1) is 14.7. The molecule has 2 aromatic carbocycles. The van der Waals surface area contributed by atoms with Crippen LogP contribution in [0.2, 0.25) is 5.02 Å². The van der Waals surface area contributed by atoms with Gasteiger partial charge < -0.3 is 15.1 Å². The van der Waals surface area contributed by atoms with Gasteiger partial charge in [0.2, 0.25) is 5.91 Å². The van der Waals surface area contributed by atoms with E-state index in [0.717, 1.165) is 17.7 Å². The standard InChI is InChI=1S/C23H24ClF2N3O2/c1-14(2)29-20(15-3-5-16(24)6-4-15)23(21(29)30)9-11-28(12-10-23)22(31)27-17-7-8-18(25)19(26)13-17/h3-8,13-14,20H,9-12H2,1-2H3,(H,27,31). The molecular formula is C23H24ClF2N3O2. The molecule has 4 rings (SSSR count). The molecule has 2 aliphatic rings. The van der Waals surface area contributed by atoms with E-state index in [2.05, 4.69) is 5.32 Å². The Morgan fingerprint density at radius 2 is 1.74 bits per heavy atom. The maximum Gasteiger partial charge on any atom is 0.321 e. The van der Waals surface area contributed by atoms with Crippen LogP contribution in [0.1, 0.15) is 38.3 Å². The number of benzene rings is 2. The van der Waals surface area contributed by atoms with Crippen LogP contribution in [-0.4, -0.2) is 40.9 Å². The zero-order valence-corrected chi connectivity index (χ0v) is 18.1. The van der Waals surface area contributed by atoms with E-state index >= 15 is 0 Å². The third-order valence-electron chi connectivity index (χ3n) is 6.32. The topological polar surface area (TPSA) is 52.7 Å². The average molecular weight is 448 g/mol. The Hall–Kier alpha value is -2.67. The number of β-lactam (4-membered cyclic amide) rings is 1. The number of carbonyl (C=O) groups excluding carboxylic acids is 2. The molecule has 0 aliphatic carbocycles. The summed E-state index contributed by atoms with van der Waals surface area (Å²) in [4.78, 5) is 29.3. The number of piperidine rings is 1. The molecule has 3 amide bonds. The van der Waals surface area contributed by atoms with Crippen LogP contribution < -0.4 is 5.32 Å². The second-order valence-electron chi connectivity index (χ2n) is 8.46. The lowest BCUT2D eigenvalue weighted by Crippen LogP contribution is -2.68. The first-order valence-corrected chi connectivity index (χ1v) is 10.7. The van der Waals surface area contributed by atoms with E-state index < -0.39 is 23.1 Å². The predicted octanol–water partition coefficient (Wildman–Crippen LogP) is 5.22. The lowest BCUT2D eigenvalue weighted by molar-refractivity contribution is -0.184. The van der Waals surface area contributed by atoms with Crippen LogP contribution in [0, 0.1) is 17.0 Å². The van der Waals surface area contributed by atoms with Gasteiger partial charge in [-0.1, -0.05) is 23.7 Å². The third kappa shape index (κ3) is 3.76. The first kappa shape index (κ1) is 21.6. The zero-order chi connectivity index (χ0) is 22.3. The van der Waals surface area contributed by atoms with Crippen LogP contribution in [0.5, 0.6) is 0 Å². The fourth-order valence-electron chi connectivity index (χ4n) is 4.72. The molecule has 0 bridgehead atoms. The molecule has 0 aromatic heterocycles. The van der Waals surface area contributed by atoms with Crippen molar-refractivity contribution in [3.05, 3.63) is 64.7 Å². The van der Waals surface area contributed by atoms with Crippen molar-refractivity contribution in [3.63, 3.8) is 0 Å². The molecule has 1 spiro atoms. The molecule has 5 nitrogen and oxygen atoms in total. The molecule has 2 heterocycles. The van der Waals surface area contributed by atoms with Gasteiger partial charge >= 0.3 is 6.03 Å². The van der Waals surface area contributed by atoms with E-state index in [1.807, 2.05) is 43.0 Å². The molecule has 0 saturated carbocycles. The number of likely N-dealkylation sites (tertiary alicyclic amines) is 2. The minimum atomic E-state index is -1.02. The molecule has 31 heavy (non-hydrogen) atoms. The number of nitrogens with zero attached hydrogens (tertiary/aromatic N) is 2. The van der Waals surface area contributed by atoms with Crippen molar-refractivity contribution in [1.29, 1.82) is 0 Å². The van der Waals surface area contributed by atoms with Gasteiger partial charge in [0.25, 0.3) is 0 Å². The maximum atomic E-state index is 13.4. The van der Waals surface area contributed by atoms with Gasteiger partial charge in [0, 0.05) is 35.9 Å². The van der Waals surface area contributed by atoms with E-state index in [9.17, 15) is 18.4 Å². The number of rotatable bonds is 3. The van der Waals surface area contributed by atoms with Crippen LogP contribution in [0.25, 0.3) is 0 Å². The summed E-state index contributed by atoms with van der Waals surface area (Å²) in [5.41, 5.74) is 0.683. The Kier molecular flexibility index (Phi) is 5.64. The first-order valence-electron chi connectivity index (χ1n) is 10.3. The van der Waals surface area contributed by atoms with Crippen molar-refractivity contribution in [2.24, 2.45) is 5.41 Å². The SMILES string of the molecule is CC(C)N1C(=O)C2(CCN(C(=O)Nc3ccc(F)c(F)c3)CC2)C1c1ccc(Cl)cc1. The molecule has 1 atom stereocenters. The molecule has 2 aliphatic heterocycles. The summed E-state index contributed by atoms with van der Waals surface area (Å²) in [6, 6.07) is 10.4. The molecule has 8 heteroatoms. The summed E-state index contributed by atoms with van der Waals surface area (Å²) in [6.45, 7) is 4.80. The number of anilines is 1. The van der Waals surface area contributed by atoms with Gasteiger partial charge in [-0.05, 0) is 56.5 Å². The van der Waals surface area contributed by atoms with Crippen molar-refractivity contribution in [2.45, 2.75) is 38.8 Å². The minimum Gasteiger partial charge on any atom is -0.332 e. The number of amides is 3. The monoisotopic (exact) mass is 447 g/mol. The van der Waals surface area contributed by atoms with Crippen molar-refractivity contribution in [3.8, 4) is 0 Å². The summed E-state index contributed by atoms with van der Waals surface area (Å²) in [5, 5.41) is 3.24. The third-order valence-corrected chi connectivity index (χ3v) is 6.57. The fourth-order valence-corrected chi connectivity index (χ4v) is 4.85. The largest absolute Gasteiger partial charge is 0.332 e. The molecule has 1 N–H and O–H groups in total. The van der Waals surface area contributed by atoms with E-state index in [0.29, 0.717) is 31.0 Å². The van der Waals surface area contributed by atoms with Gasteiger partial charge in [-0.3, -0.25) is 4.79 Å². The Bertz CT molecular complexity index is 1000. The second-order valence-corrected chi connectivity index (χ2v) is 8.90. The number of hydrogen-bond donors (Lipinski definition) is 1. The van der Waals surface area contributed by atoms with Crippen LogP contribution in [0.3, 0.4) is 0 Å². The maximum absolute atomic E-state index is 13.4. The Labute approximate surface area is 185 Å². The molecule has 0 radical (unpaired) electrons. The van der Waals surface area contributed by atoms with Gasteiger partial charge in [0.05, 0.1) is 11.5 Å². The Balaban J connectivity index is 1.48. The number of carbonyl (C=O) groups is 2. The predicted molar refractivity (Wildman–Crippen MR) is 115 cm³/mol. The molecule has 2 saturated heterocycles. The summed E-state index contributed by atoms with van der Waals surface area (Å²) in [6.07, 6.45) is 1.07. The number of hydrogen-bond acceptors (Lipinski definition) is 2. The average Bonchev–Trinajstić information content (AvgIpc) is 2.75. The van der Waals surface area contributed by atoms with Crippen molar-refractivity contribution in [2.75, 3.05) is 18.4 Å². The highest BCUT2D eigenvalue weighted by Crippen LogP contribution is 2.56. The van der Waals surface area contributed by atoms with Gasteiger partial charge in [-0.25, -0.2) is 13.6 Å². The summed E-state index contributed by atoms with van der Waals surface area (Å²) >= 11 is 6.05.